The number of ether oxygens (including phenoxy) is 1. The quantitative estimate of drug-likeness (QED) is 0.376. The van der Waals surface area contributed by atoms with Gasteiger partial charge in [-0.3, -0.25) is 0 Å². The predicted molar refractivity (Wildman–Crippen MR) is 146 cm³/mol. The molecule has 1 N–H and O–H groups in total. The molecule has 4 aromatic rings. The topological polar surface area (TPSA) is 67.6 Å². The molecule has 0 radical (unpaired) electrons. The summed E-state index contributed by atoms with van der Waals surface area (Å²) in [6.45, 7) is 3.60. The van der Waals surface area contributed by atoms with E-state index in [2.05, 4.69) is 63.4 Å². The van der Waals surface area contributed by atoms with Crippen LogP contribution >= 0.6 is 0 Å². The molecule has 0 fully saturated rings. The fourth-order valence-corrected chi connectivity index (χ4v) is 4.97. The lowest BCUT2D eigenvalue weighted by atomic mass is 10.0. The Bertz CT molecular complexity index is 1360. The number of nitrogens with zero attached hydrogens (tertiary/aromatic N) is 5. The third-order valence-corrected chi connectivity index (χ3v) is 6.87. The number of rotatable bonds is 7. The van der Waals surface area contributed by atoms with Gasteiger partial charge in [-0.05, 0) is 55.3 Å². The zero-order valence-electron chi connectivity index (χ0n) is 21.9. The highest BCUT2D eigenvalue weighted by atomic mass is 16.5. The van der Waals surface area contributed by atoms with E-state index in [4.69, 9.17) is 9.84 Å². The van der Waals surface area contributed by atoms with Crippen LogP contribution in [0.15, 0.2) is 72.9 Å². The van der Waals surface area contributed by atoms with Crippen LogP contribution in [-0.4, -0.2) is 59.6 Å². The van der Waals surface area contributed by atoms with Gasteiger partial charge in [-0.15, -0.1) is 0 Å². The van der Waals surface area contributed by atoms with Crippen molar-refractivity contribution in [1.82, 2.24) is 24.6 Å². The zero-order valence-corrected chi connectivity index (χ0v) is 21.9. The molecule has 0 saturated heterocycles. The number of anilines is 1. The van der Waals surface area contributed by atoms with Crippen LogP contribution in [0.4, 0.5) is 10.5 Å². The van der Waals surface area contributed by atoms with Gasteiger partial charge in [-0.1, -0.05) is 30.3 Å². The largest absolute Gasteiger partial charge is 0.385 e. The van der Waals surface area contributed by atoms with E-state index in [1.54, 1.807) is 7.11 Å². The molecule has 0 unspecified atom stereocenters. The Labute approximate surface area is 218 Å². The summed E-state index contributed by atoms with van der Waals surface area (Å²) in [6.07, 6.45) is 2.82. The Morgan fingerprint density at radius 3 is 2.54 bits per heavy atom. The standard InChI is InChI=1S/C29H34N6O2/c1-21-25-20-34(29(36)30-17-9-19-37-4)27(22-13-15-23(16-14-22)32(2)3)26-12-8-18-33(26)28(25)35(31-21)24-10-6-5-7-11-24/h5-8,10-16,18,27H,9,17,19-20H2,1-4H3,(H,30,36)/t27-/m0/s1. The minimum atomic E-state index is -0.273. The molecular weight excluding hydrogens is 464 g/mol. The summed E-state index contributed by atoms with van der Waals surface area (Å²) in [5.74, 6) is 0.966. The highest BCUT2D eigenvalue weighted by Crippen LogP contribution is 2.38. The third kappa shape index (κ3) is 4.72. The average molecular weight is 499 g/mol. The molecule has 0 spiro atoms. The minimum Gasteiger partial charge on any atom is -0.385 e. The van der Waals surface area contributed by atoms with Crippen LogP contribution in [0.3, 0.4) is 0 Å². The number of hydrogen-bond acceptors (Lipinski definition) is 4. The highest BCUT2D eigenvalue weighted by molar-refractivity contribution is 5.76. The number of carbonyl (C=O) groups is 1. The fraction of sp³-hybridized carbons (Fsp3) is 0.310. The summed E-state index contributed by atoms with van der Waals surface area (Å²) in [5.41, 5.74) is 6.10. The molecule has 0 bridgehead atoms. The summed E-state index contributed by atoms with van der Waals surface area (Å²) in [7, 11) is 5.73. The summed E-state index contributed by atoms with van der Waals surface area (Å²) in [6, 6.07) is 22.3. The lowest BCUT2D eigenvalue weighted by Gasteiger charge is -2.31. The van der Waals surface area contributed by atoms with E-state index in [1.165, 1.54) is 0 Å². The second kappa shape index (κ2) is 10.5. The predicted octanol–water partition coefficient (Wildman–Crippen LogP) is 4.69. The summed E-state index contributed by atoms with van der Waals surface area (Å²) < 4.78 is 9.34. The van der Waals surface area contributed by atoms with Gasteiger partial charge in [-0.2, -0.15) is 5.10 Å². The second-order valence-electron chi connectivity index (χ2n) is 9.53. The van der Waals surface area contributed by atoms with Crippen molar-refractivity contribution in [1.29, 1.82) is 0 Å². The molecule has 2 amide bonds. The number of fused-ring (bicyclic) bond motifs is 3. The van der Waals surface area contributed by atoms with Crippen molar-refractivity contribution in [2.45, 2.75) is 25.9 Å². The molecule has 1 atom stereocenters. The Kier molecular flexibility index (Phi) is 7.01. The Morgan fingerprint density at radius 1 is 1.08 bits per heavy atom. The van der Waals surface area contributed by atoms with Crippen LogP contribution in [0.5, 0.6) is 0 Å². The first-order valence-electron chi connectivity index (χ1n) is 12.6. The third-order valence-electron chi connectivity index (χ3n) is 6.87. The van der Waals surface area contributed by atoms with E-state index in [1.807, 2.05) is 54.9 Å². The molecule has 1 aliphatic rings. The van der Waals surface area contributed by atoms with Gasteiger partial charge in [0, 0.05) is 51.8 Å². The van der Waals surface area contributed by atoms with Crippen LogP contribution in [0.1, 0.15) is 35.0 Å². The number of hydrogen-bond donors (Lipinski definition) is 1. The number of carbonyl (C=O) groups excluding carboxylic acids is 1. The molecule has 2 aromatic heterocycles. The van der Waals surface area contributed by atoms with Gasteiger partial charge >= 0.3 is 6.03 Å². The van der Waals surface area contributed by atoms with Crippen LogP contribution in [0, 0.1) is 6.92 Å². The molecule has 3 heterocycles. The number of amides is 2. The number of urea groups is 1. The van der Waals surface area contributed by atoms with Crippen LogP contribution < -0.4 is 10.2 Å². The molecule has 192 valence electrons. The van der Waals surface area contributed by atoms with Gasteiger partial charge in [0.15, 0.2) is 0 Å². The maximum absolute atomic E-state index is 13.7. The van der Waals surface area contributed by atoms with Crippen molar-refractivity contribution < 1.29 is 9.53 Å². The van der Waals surface area contributed by atoms with Gasteiger partial charge in [0.05, 0.1) is 29.7 Å². The zero-order chi connectivity index (χ0) is 25.9. The number of aryl methyl sites for hydroxylation is 1. The van der Waals surface area contributed by atoms with Crippen LogP contribution in [-0.2, 0) is 11.3 Å². The number of aromatic nitrogens is 3. The molecule has 1 aliphatic heterocycles. The number of benzene rings is 2. The molecule has 8 heteroatoms. The molecule has 0 aliphatic carbocycles. The number of nitrogens with one attached hydrogen (secondary N) is 1. The average Bonchev–Trinajstić information content (AvgIpc) is 3.47. The molecule has 5 rings (SSSR count). The summed E-state index contributed by atoms with van der Waals surface area (Å²) in [4.78, 5) is 17.7. The fourth-order valence-electron chi connectivity index (χ4n) is 4.97. The Hall–Kier alpha value is -4.04. The van der Waals surface area contributed by atoms with Gasteiger partial charge in [-0.25, -0.2) is 9.48 Å². The van der Waals surface area contributed by atoms with Gasteiger partial charge in [0.25, 0.3) is 0 Å². The number of methoxy groups -OCH3 is 1. The number of para-hydroxylation sites is 1. The monoisotopic (exact) mass is 498 g/mol. The molecule has 8 nitrogen and oxygen atoms in total. The SMILES string of the molecule is COCCCNC(=O)N1Cc2c(C)nn(-c3ccccc3)c2-n2cccc2[C@@H]1c1ccc(N(C)C)cc1. The van der Waals surface area contributed by atoms with E-state index < -0.39 is 0 Å². The van der Waals surface area contributed by atoms with Crippen LogP contribution in [0.2, 0.25) is 0 Å². The molecule has 0 saturated carbocycles. The summed E-state index contributed by atoms with van der Waals surface area (Å²) >= 11 is 0. The van der Waals surface area contributed by atoms with Crippen molar-refractivity contribution >= 4 is 11.7 Å². The van der Waals surface area contributed by atoms with Gasteiger partial charge in [0.2, 0.25) is 0 Å². The van der Waals surface area contributed by atoms with Crippen molar-refractivity contribution in [3.8, 4) is 11.5 Å². The summed E-state index contributed by atoms with van der Waals surface area (Å²) in [5, 5.41) is 8.03. The van der Waals surface area contributed by atoms with Gasteiger partial charge < -0.3 is 24.4 Å². The van der Waals surface area contributed by atoms with Crippen LogP contribution in [0.25, 0.3) is 11.5 Å². The first-order valence-corrected chi connectivity index (χ1v) is 12.6. The highest BCUT2D eigenvalue weighted by Gasteiger charge is 2.35. The maximum atomic E-state index is 13.7. The van der Waals surface area contributed by atoms with Crippen molar-refractivity contribution in [3.05, 3.63) is 95.4 Å². The Balaban J connectivity index is 1.64. The van der Waals surface area contributed by atoms with Crippen molar-refractivity contribution in [2.24, 2.45) is 0 Å². The lowest BCUT2D eigenvalue weighted by molar-refractivity contribution is 0.174. The molecular formula is C29H34N6O2. The smallest absolute Gasteiger partial charge is 0.318 e. The molecule has 37 heavy (non-hydrogen) atoms. The van der Waals surface area contributed by atoms with E-state index in [-0.39, 0.29) is 12.1 Å². The van der Waals surface area contributed by atoms with E-state index in [0.717, 1.165) is 46.1 Å². The van der Waals surface area contributed by atoms with Crippen molar-refractivity contribution in [2.75, 3.05) is 39.3 Å². The lowest BCUT2D eigenvalue weighted by Crippen LogP contribution is -2.42. The maximum Gasteiger partial charge on any atom is 0.318 e. The van der Waals surface area contributed by atoms with Crippen molar-refractivity contribution in [3.63, 3.8) is 0 Å². The normalized spacial score (nSPS) is 14.6. The minimum absolute atomic E-state index is 0.106. The Morgan fingerprint density at radius 2 is 1.84 bits per heavy atom. The van der Waals surface area contributed by atoms with E-state index >= 15 is 0 Å². The van der Waals surface area contributed by atoms with E-state index in [0.29, 0.717) is 19.7 Å². The molecule has 2 aromatic carbocycles. The van der Waals surface area contributed by atoms with E-state index in [9.17, 15) is 4.79 Å². The first kappa shape index (κ1) is 24.6. The first-order chi connectivity index (χ1) is 18.0. The van der Waals surface area contributed by atoms with Gasteiger partial charge in [0.1, 0.15) is 5.82 Å². The second-order valence-corrected chi connectivity index (χ2v) is 9.53.